The zero-order valence-corrected chi connectivity index (χ0v) is 21.2. The van der Waals surface area contributed by atoms with Crippen LogP contribution in [0.15, 0.2) is 58.9 Å². The molecule has 3 heterocycles. The molecule has 0 radical (unpaired) electrons. The summed E-state index contributed by atoms with van der Waals surface area (Å²) < 4.78 is 41.3. The lowest BCUT2D eigenvalue weighted by Crippen LogP contribution is -2.43. The van der Waals surface area contributed by atoms with Crippen LogP contribution >= 0.6 is 0 Å². The van der Waals surface area contributed by atoms with Crippen molar-refractivity contribution in [3.63, 3.8) is 0 Å². The quantitative estimate of drug-likeness (QED) is 0.522. The van der Waals surface area contributed by atoms with Crippen molar-refractivity contribution in [1.82, 2.24) is 19.5 Å². The zero-order valence-electron chi connectivity index (χ0n) is 19.4. The fraction of sp³-hybridized carbons (Fsp3) is 0.409. The van der Waals surface area contributed by atoms with Crippen molar-refractivity contribution >= 4 is 35.1 Å². The Labute approximate surface area is 194 Å². The molecule has 4 rings (SSSR count). The summed E-state index contributed by atoms with van der Waals surface area (Å²) in [4.78, 5) is 12.9. The van der Waals surface area contributed by atoms with Gasteiger partial charge in [0.2, 0.25) is 9.84 Å². The normalized spacial score (nSPS) is 19.7. The number of nitrogens with two attached hydrogens (primary N) is 1. The van der Waals surface area contributed by atoms with Crippen LogP contribution < -0.4 is 5.73 Å². The van der Waals surface area contributed by atoms with Crippen LogP contribution in [0.4, 0.5) is 5.82 Å². The topological polar surface area (TPSA) is 122 Å². The fourth-order valence-electron chi connectivity index (χ4n) is 3.34. The van der Waals surface area contributed by atoms with Crippen molar-refractivity contribution < 1.29 is 17.6 Å². The highest BCUT2D eigenvalue weighted by Crippen LogP contribution is 2.39. The van der Waals surface area contributed by atoms with E-state index in [2.05, 4.69) is 48.8 Å². The summed E-state index contributed by atoms with van der Waals surface area (Å²) in [6, 6.07) is 8.34. The van der Waals surface area contributed by atoms with E-state index < -0.39 is 30.5 Å². The van der Waals surface area contributed by atoms with Gasteiger partial charge in [0.05, 0.1) is 22.7 Å². The number of fused-ring (bicyclic) bond motifs is 1. The van der Waals surface area contributed by atoms with E-state index in [1.165, 1.54) is 12.7 Å². The molecule has 2 N–H and O–H groups in total. The minimum Gasteiger partial charge on any atom is -0.414 e. The van der Waals surface area contributed by atoms with E-state index in [1.54, 1.807) is 41.0 Å². The molecule has 0 unspecified atom stereocenters. The molecular formula is C22H29N5O4SSi. The first kappa shape index (κ1) is 23.6. The first-order valence-electron chi connectivity index (χ1n) is 10.7. The van der Waals surface area contributed by atoms with Crippen molar-refractivity contribution in [2.45, 2.75) is 56.1 Å². The van der Waals surface area contributed by atoms with Crippen LogP contribution in [-0.4, -0.2) is 49.0 Å². The number of imidazole rings is 1. The van der Waals surface area contributed by atoms with E-state index in [4.69, 9.17) is 14.9 Å². The predicted molar refractivity (Wildman–Crippen MR) is 129 cm³/mol. The molecule has 2 aromatic heterocycles. The Kier molecular flexibility index (Phi) is 5.93. The first-order valence-corrected chi connectivity index (χ1v) is 15.1. The molecule has 0 saturated heterocycles. The van der Waals surface area contributed by atoms with Gasteiger partial charge in [0.25, 0.3) is 0 Å². The molecular weight excluding hydrogens is 458 g/mol. The van der Waals surface area contributed by atoms with E-state index in [1.807, 2.05) is 0 Å². The van der Waals surface area contributed by atoms with Crippen molar-refractivity contribution in [2.75, 3.05) is 12.3 Å². The highest BCUT2D eigenvalue weighted by Gasteiger charge is 2.42. The largest absolute Gasteiger partial charge is 0.414 e. The van der Waals surface area contributed by atoms with Gasteiger partial charge in [-0.05, 0) is 36.3 Å². The maximum absolute atomic E-state index is 13.5. The minimum atomic E-state index is -3.80. The number of ether oxygens (including phenoxy) is 1. The van der Waals surface area contributed by atoms with Crippen molar-refractivity contribution in [3.8, 4) is 0 Å². The number of aromatic nitrogens is 4. The van der Waals surface area contributed by atoms with Gasteiger partial charge in [0.1, 0.15) is 17.9 Å². The molecule has 9 nitrogen and oxygen atoms in total. The molecule has 1 aromatic carbocycles. The van der Waals surface area contributed by atoms with Gasteiger partial charge in [-0.15, -0.1) is 0 Å². The maximum Gasteiger partial charge on any atom is 0.205 e. The lowest BCUT2D eigenvalue weighted by atomic mass is 10.2. The number of nitrogen functional groups attached to an aromatic ring is 1. The number of hydrogen-bond donors (Lipinski definition) is 1. The van der Waals surface area contributed by atoms with E-state index >= 15 is 0 Å². The number of nitrogens with zero attached hydrogens (tertiary/aromatic N) is 4. The maximum atomic E-state index is 13.5. The Hall–Kier alpha value is -2.60. The molecule has 0 spiro atoms. The standard InChI is InChI=1S/C22H29N5O4SSi/c1-22(2,3)33(4,5)30-12-16-17(32(28,29)15-9-7-6-8-10-15)11-18(31-16)27-14-26-19-20(23)24-13-25-21(19)27/h6-11,13-14,16,18H,12H2,1-5H3,(H2,23,24,25)/t16-,18-/m1/s1. The highest BCUT2D eigenvalue weighted by molar-refractivity contribution is 7.95. The van der Waals surface area contributed by atoms with Crippen molar-refractivity contribution in [1.29, 1.82) is 0 Å². The lowest BCUT2D eigenvalue weighted by molar-refractivity contribution is -0.00525. The monoisotopic (exact) mass is 487 g/mol. The fourth-order valence-corrected chi connectivity index (χ4v) is 5.90. The average molecular weight is 488 g/mol. The summed E-state index contributed by atoms with van der Waals surface area (Å²) in [6.07, 6.45) is 2.97. The van der Waals surface area contributed by atoms with Crippen LogP contribution in [0.25, 0.3) is 11.2 Å². The second kappa shape index (κ2) is 8.31. The number of anilines is 1. The van der Waals surface area contributed by atoms with Crippen LogP contribution in [0, 0.1) is 0 Å². The van der Waals surface area contributed by atoms with Crippen molar-refractivity contribution in [3.05, 3.63) is 54.0 Å². The molecule has 2 atom stereocenters. The summed E-state index contributed by atoms with van der Waals surface area (Å²) in [5, 5.41) is -0.0256. The van der Waals surface area contributed by atoms with Gasteiger partial charge in [0.15, 0.2) is 26.0 Å². The third-order valence-electron chi connectivity index (χ3n) is 6.35. The Morgan fingerprint density at radius 1 is 1.15 bits per heavy atom. The molecule has 1 aliphatic heterocycles. The van der Waals surface area contributed by atoms with Crippen LogP contribution in [0.5, 0.6) is 0 Å². The first-order chi connectivity index (χ1) is 15.4. The third-order valence-corrected chi connectivity index (χ3v) is 12.8. The van der Waals surface area contributed by atoms with Crippen LogP contribution in [0.3, 0.4) is 0 Å². The molecule has 11 heteroatoms. The minimum absolute atomic E-state index is 0.0256. The van der Waals surface area contributed by atoms with Crippen molar-refractivity contribution in [2.24, 2.45) is 0 Å². The van der Waals surface area contributed by atoms with Crippen LogP contribution in [-0.2, 0) is 19.0 Å². The van der Waals surface area contributed by atoms with Gasteiger partial charge < -0.3 is 14.9 Å². The van der Waals surface area contributed by atoms with Gasteiger partial charge in [-0.1, -0.05) is 39.0 Å². The second-order valence-electron chi connectivity index (χ2n) is 9.56. The smallest absolute Gasteiger partial charge is 0.205 e. The van der Waals surface area contributed by atoms with E-state index in [0.717, 1.165) is 0 Å². The number of benzene rings is 1. The summed E-state index contributed by atoms with van der Waals surface area (Å²) in [5.74, 6) is 0.246. The summed E-state index contributed by atoms with van der Waals surface area (Å²) in [7, 11) is -5.93. The lowest BCUT2D eigenvalue weighted by Gasteiger charge is -2.37. The van der Waals surface area contributed by atoms with Crippen LogP contribution in [0.2, 0.25) is 18.1 Å². The molecule has 33 heavy (non-hydrogen) atoms. The predicted octanol–water partition coefficient (Wildman–Crippen LogP) is 3.69. The molecule has 1 aliphatic rings. The Morgan fingerprint density at radius 2 is 1.85 bits per heavy atom. The van der Waals surface area contributed by atoms with Gasteiger partial charge in [-0.3, -0.25) is 4.57 Å². The molecule has 0 amide bonds. The number of rotatable bonds is 6. The SMILES string of the molecule is CC(C)(C)[Si](C)(C)OC[C@H]1O[C@@H](n2cnc3c(N)ncnc32)C=C1S(=O)(=O)c1ccccc1. The molecule has 0 saturated carbocycles. The summed E-state index contributed by atoms with van der Waals surface area (Å²) in [5.41, 5.74) is 6.81. The van der Waals surface area contributed by atoms with Gasteiger partial charge in [-0.2, -0.15) is 0 Å². The zero-order chi connectivity index (χ0) is 24.0. The Balaban J connectivity index is 1.73. The van der Waals surface area contributed by atoms with Gasteiger partial charge in [0, 0.05) is 0 Å². The Morgan fingerprint density at radius 3 is 2.52 bits per heavy atom. The molecule has 176 valence electrons. The number of sulfone groups is 1. The molecule has 0 aliphatic carbocycles. The van der Waals surface area contributed by atoms with E-state index in [0.29, 0.717) is 11.2 Å². The average Bonchev–Trinajstić information content (AvgIpc) is 3.37. The van der Waals surface area contributed by atoms with Gasteiger partial charge in [-0.25, -0.2) is 23.4 Å². The number of hydrogen-bond acceptors (Lipinski definition) is 8. The third kappa shape index (κ3) is 4.33. The van der Waals surface area contributed by atoms with E-state index in [-0.39, 0.29) is 27.3 Å². The van der Waals surface area contributed by atoms with E-state index in [9.17, 15) is 8.42 Å². The molecule has 3 aromatic rings. The van der Waals surface area contributed by atoms with Crippen LogP contribution in [0.1, 0.15) is 27.0 Å². The summed E-state index contributed by atoms with van der Waals surface area (Å²) in [6.45, 7) is 10.8. The highest BCUT2D eigenvalue weighted by atomic mass is 32.2. The molecule has 0 bridgehead atoms. The Bertz CT molecular complexity index is 1300. The molecule has 0 fully saturated rings. The summed E-state index contributed by atoms with van der Waals surface area (Å²) >= 11 is 0. The second-order valence-corrected chi connectivity index (χ2v) is 16.3. The van der Waals surface area contributed by atoms with Gasteiger partial charge >= 0.3 is 0 Å².